The summed E-state index contributed by atoms with van der Waals surface area (Å²) in [4.78, 5) is 21.3. The average Bonchev–Trinajstić information content (AvgIpc) is 3.41. The van der Waals surface area contributed by atoms with Crippen LogP contribution in [0.15, 0.2) is 47.1 Å². The molecule has 2 aromatic heterocycles. The van der Waals surface area contributed by atoms with Crippen LogP contribution in [-0.4, -0.2) is 32.9 Å². The van der Waals surface area contributed by atoms with Crippen LogP contribution in [0.1, 0.15) is 83.5 Å². The highest BCUT2D eigenvalue weighted by molar-refractivity contribution is 5.84. The van der Waals surface area contributed by atoms with E-state index in [0.29, 0.717) is 18.2 Å². The van der Waals surface area contributed by atoms with Crippen LogP contribution in [0, 0.1) is 5.41 Å². The first-order valence-corrected chi connectivity index (χ1v) is 13.1. The number of halogens is 1. The van der Waals surface area contributed by atoms with Gasteiger partial charge in [-0.25, -0.2) is 14.2 Å². The van der Waals surface area contributed by atoms with Crippen molar-refractivity contribution in [2.75, 3.05) is 11.9 Å². The summed E-state index contributed by atoms with van der Waals surface area (Å²) in [6.45, 7) is 6.66. The van der Waals surface area contributed by atoms with Crippen LogP contribution in [0.4, 0.5) is 15.0 Å². The van der Waals surface area contributed by atoms with Gasteiger partial charge in [0, 0.05) is 17.0 Å². The monoisotopic (exact) mass is 522 g/mol. The van der Waals surface area contributed by atoms with Crippen molar-refractivity contribution in [1.29, 1.82) is 0 Å². The van der Waals surface area contributed by atoms with Crippen molar-refractivity contribution in [2.45, 2.75) is 82.9 Å². The van der Waals surface area contributed by atoms with E-state index in [-0.39, 0.29) is 16.7 Å². The van der Waals surface area contributed by atoms with Crippen LogP contribution in [0.3, 0.4) is 0 Å². The Bertz CT molecular complexity index is 1280. The summed E-state index contributed by atoms with van der Waals surface area (Å²) in [6.07, 6.45) is 6.35. The van der Waals surface area contributed by atoms with Crippen molar-refractivity contribution in [1.82, 2.24) is 15.1 Å². The molecule has 1 amide bonds. The quantitative estimate of drug-likeness (QED) is 0.369. The highest BCUT2D eigenvalue weighted by Crippen LogP contribution is 2.57. The topological polar surface area (TPSA) is 110 Å². The number of ether oxygens (including phenoxy) is 1. The molecule has 38 heavy (non-hydrogen) atoms. The summed E-state index contributed by atoms with van der Waals surface area (Å²) in [5.74, 6) is 1.03. The lowest BCUT2D eigenvalue weighted by Gasteiger charge is -2.51. The molecular formula is C29H35FN4O4. The second kappa shape index (κ2) is 9.45. The third kappa shape index (κ3) is 5.29. The van der Waals surface area contributed by atoms with Gasteiger partial charge in [0.15, 0.2) is 11.5 Å². The lowest BCUT2D eigenvalue weighted by atomic mass is 9.53. The minimum atomic E-state index is -1.66. The summed E-state index contributed by atoms with van der Waals surface area (Å²) >= 11 is 0. The molecule has 3 aromatic rings. The number of nitrogens with one attached hydrogen (secondary N) is 1. The fourth-order valence-electron chi connectivity index (χ4n) is 5.60. The van der Waals surface area contributed by atoms with Crippen molar-refractivity contribution in [2.24, 2.45) is 5.41 Å². The third-order valence-corrected chi connectivity index (χ3v) is 8.23. The molecule has 3 aliphatic carbocycles. The number of aromatic nitrogens is 3. The Labute approximate surface area is 222 Å². The number of alkyl halides is 1. The number of carbonyl (C=O) groups is 1. The number of carbonyl (C=O) groups excluding carboxylic acids is 1. The van der Waals surface area contributed by atoms with Crippen molar-refractivity contribution in [3.63, 3.8) is 0 Å². The van der Waals surface area contributed by atoms with Gasteiger partial charge in [-0.2, -0.15) is 4.98 Å². The second-order valence-corrected chi connectivity index (χ2v) is 11.9. The van der Waals surface area contributed by atoms with Gasteiger partial charge in [0.1, 0.15) is 5.82 Å². The lowest BCUT2D eigenvalue weighted by molar-refractivity contribution is -0.0147. The van der Waals surface area contributed by atoms with E-state index in [1.807, 2.05) is 30.3 Å². The summed E-state index contributed by atoms with van der Waals surface area (Å²) in [6, 6.07) is 11.3. The molecule has 2 bridgehead atoms. The number of anilines is 1. The first-order chi connectivity index (χ1) is 17.9. The second-order valence-electron chi connectivity index (χ2n) is 11.9. The van der Waals surface area contributed by atoms with Crippen LogP contribution in [0.25, 0.3) is 11.1 Å². The van der Waals surface area contributed by atoms with Gasteiger partial charge in [-0.05, 0) is 95.0 Å². The van der Waals surface area contributed by atoms with Gasteiger partial charge in [-0.1, -0.05) is 29.4 Å². The van der Waals surface area contributed by atoms with Crippen LogP contribution in [0.2, 0.25) is 0 Å². The largest absolute Gasteiger partial charge is 0.449 e. The predicted molar refractivity (Wildman–Crippen MR) is 140 cm³/mol. The molecule has 1 aromatic carbocycles. The Hall–Kier alpha value is -3.33. The summed E-state index contributed by atoms with van der Waals surface area (Å²) in [5, 5.41) is 17.0. The number of benzene rings is 1. The molecule has 0 aliphatic heterocycles. The Balaban J connectivity index is 1.17. The normalized spacial score (nSPS) is 23.3. The predicted octanol–water partition coefficient (Wildman–Crippen LogP) is 6.40. The molecule has 0 spiro atoms. The molecule has 3 aliphatic rings. The fraction of sp³-hybridized carbons (Fsp3) is 0.517. The van der Waals surface area contributed by atoms with Crippen LogP contribution >= 0.6 is 0 Å². The number of amides is 1. The standard InChI is InChI=1S/C29H35FN4O4/c1-26(2,30)24-33-23(34-38-24)29-13-10-28(11-14-29,12-15-29)18-37-25(35)32-22-17-20(9-16-31-22)19-5-7-21(8-6-19)27(3,4)36/h5-9,16-17,36H,10-15,18H2,1-4H3,(H,31,32,35). The molecule has 0 unspecified atom stereocenters. The summed E-state index contributed by atoms with van der Waals surface area (Å²) in [5.41, 5.74) is -0.153. The van der Waals surface area contributed by atoms with E-state index in [1.165, 1.54) is 13.8 Å². The summed E-state index contributed by atoms with van der Waals surface area (Å²) < 4.78 is 25.1. The van der Waals surface area contributed by atoms with E-state index >= 15 is 0 Å². The Kier molecular flexibility index (Phi) is 6.54. The lowest BCUT2D eigenvalue weighted by Crippen LogP contribution is -2.47. The van der Waals surface area contributed by atoms with Gasteiger partial charge >= 0.3 is 6.09 Å². The van der Waals surface area contributed by atoms with Crippen molar-refractivity contribution >= 4 is 11.9 Å². The van der Waals surface area contributed by atoms with E-state index in [0.717, 1.165) is 55.2 Å². The van der Waals surface area contributed by atoms with E-state index in [1.54, 1.807) is 26.1 Å². The molecule has 0 saturated heterocycles. The van der Waals surface area contributed by atoms with E-state index in [2.05, 4.69) is 20.4 Å². The molecule has 8 nitrogen and oxygen atoms in total. The van der Waals surface area contributed by atoms with Gasteiger partial charge in [-0.3, -0.25) is 5.32 Å². The number of nitrogens with zero attached hydrogens (tertiary/aromatic N) is 3. The van der Waals surface area contributed by atoms with Crippen LogP contribution in [0.5, 0.6) is 0 Å². The van der Waals surface area contributed by atoms with Gasteiger partial charge in [-0.15, -0.1) is 0 Å². The molecule has 3 saturated carbocycles. The first-order valence-electron chi connectivity index (χ1n) is 13.1. The zero-order chi connectivity index (χ0) is 27.2. The zero-order valence-electron chi connectivity index (χ0n) is 22.4. The maximum Gasteiger partial charge on any atom is 0.412 e. The fourth-order valence-corrected chi connectivity index (χ4v) is 5.60. The molecule has 2 N–H and O–H groups in total. The van der Waals surface area contributed by atoms with Crippen molar-refractivity contribution in [3.8, 4) is 11.1 Å². The van der Waals surface area contributed by atoms with Gasteiger partial charge < -0.3 is 14.4 Å². The van der Waals surface area contributed by atoms with E-state index in [9.17, 15) is 14.3 Å². The van der Waals surface area contributed by atoms with Gasteiger partial charge in [0.05, 0.1) is 12.2 Å². The molecule has 0 atom stereocenters. The minimum Gasteiger partial charge on any atom is -0.449 e. The highest BCUT2D eigenvalue weighted by atomic mass is 19.1. The van der Waals surface area contributed by atoms with Crippen molar-refractivity contribution < 1.29 is 23.6 Å². The summed E-state index contributed by atoms with van der Waals surface area (Å²) in [7, 11) is 0. The number of hydrogen-bond acceptors (Lipinski definition) is 7. The van der Waals surface area contributed by atoms with Gasteiger partial charge in [0.2, 0.25) is 0 Å². The minimum absolute atomic E-state index is 0.0214. The smallest absolute Gasteiger partial charge is 0.412 e. The molecule has 6 rings (SSSR count). The Morgan fingerprint density at radius 1 is 1.05 bits per heavy atom. The SMILES string of the molecule is CC(C)(O)c1ccc(-c2ccnc(NC(=O)OCC34CCC(c5noc(C(C)(C)F)n5)(CC3)CC4)c2)cc1. The van der Waals surface area contributed by atoms with Crippen LogP contribution in [-0.2, 0) is 21.4 Å². The van der Waals surface area contributed by atoms with Crippen LogP contribution < -0.4 is 5.32 Å². The van der Waals surface area contributed by atoms with E-state index in [4.69, 9.17) is 9.26 Å². The third-order valence-electron chi connectivity index (χ3n) is 8.23. The molecule has 0 radical (unpaired) electrons. The molecule has 202 valence electrons. The molecule has 3 fully saturated rings. The maximum atomic E-state index is 14.2. The number of fused-ring (bicyclic) bond motifs is 3. The first kappa shape index (κ1) is 26.3. The number of rotatable bonds is 7. The zero-order valence-corrected chi connectivity index (χ0v) is 22.4. The number of hydrogen-bond donors (Lipinski definition) is 2. The number of aliphatic hydroxyl groups is 1. The average molecular weight is 523 g/mol. The molecule has 2 heterocycles. The Morgan fingerprint density at radius 2 is 1.71 bits per heavy atom. The van der Waals surface area contributed by atoms with E-state index < -0.39 is 17.4 Å². The molecule has 9 heteroatoms. The molecular weight excluding hydrogens is 487 g/mol. The Morgan fingerprint density at radius 3 is 2.29 bits per heavy atom. The highest BCUT2D eigenvalue weighted by Gasteiger charge is 2.52. The van der Waals surface area contributed by atoms with Gasteiger partial charge in [0.25, 0.3) is 5.89 Å². The maximum absolute atomic E-state index is 14.2. The van der Waals surface area contributed by atoms with Crippen molar-refractivity contribution in [3.05, 3.63) is 59.9 Å². The number of pyridine rings is 1.